The fourth-order valence-electron chi connectivity index (χ4n) is 1.78. The van der Waals surface area contributed by atoms with Gasteiger partial charge in [0.1, 0.15) is 5.75 Å². The van der Waals surface area contributed by atoms with Crippen LogP contribution in [0.5, 0.6) is 5.75 Å². The molecule has 94 valence electrons. The summed E-state index contributed by atoms with van der Waals surface area (Å²) in [4.78, 5) is 11.1. The first-order chi connectivity index (χ1) is 8.10. The predicted molar refractivity (Wildman–Crippen MR) is 65.9 cm³/mol. The molecule has 0 radical (unpaired) electrons. The number of hydrogen-bond acceptors (Lipinski definition) is 4. The summed E-state index contributed by atoms with van der Waals surface area (Å²) >= 11 is 0. The monoisotopic (exact) mass is 237 g/mol. The van der Waals surface area contributed by atoms with Crippen LogP contribution < -0.4 is 10.5 Å². The molecule has 0 aliphatic heterocycles. The van der Waals surface area contributed by atoms with Gasteiger partial charge in [0.05, 0.1) is 14.2 Å². The smallest absolute Gasteiger partial charge is 0.305 e. The summed E-state index contributed by atoms with van der Waals surface area (Å²) in [5, 5.41) is 0. The molecule has 1 rings (SSSR count). The van der Waals surface area contributed by atoms with E-state index in [1.54, 1.807) is 7.11 Å². The zero-order valence-corrected chi connectivity index (χ0v) is 10.5. The summed E-state index contributed by atoms with van der Waals surface area (Å²) < 4.78 is 9.93. The molecule has 1 aromatic carbocycles. The molecule has 17 heavy (non-hydrogen) atoms. The number of esters is 1. The topological polar surface area (TPSA) is 61.5 Å². The molecule has 2 N–H and O–H groups in total. The first-order valence-electron chi connectivity index (χ1n) is 5.56. The number of carbonyl (C=O) groups is 1. The van der Waals surface area contributed by atoms with Gasteiger partial charge >= 0.3 is 5.97 Å². The third-order valence-electron chi connectivity index (χ3n) is 2.73. The predicted octanol–water partition coefficient (Wildman–Crippen LogP) is 1.96. The van der Waals surface area contributed by atoms with E-state index in [0.717, 1.165) is 16.9 Å². The van der Waals surface area contributed by atoms with Crippen LogP contribution in [-0.2, 0) is 9.53 Å². The average molecular weight is 237 g/mol. The highest BCUT2D eigenvalue weighted by molar-refractivity contribution is 5.69. The minimum atomic E-state index is -0.243. The molecule has 1 unspecified atom stereocenters. The van der Waals surface area contributed by atoms with Crippen molar-refractivity contribution in [3.63, 3.8) is 0 Å². The minimum absolute atomic E-state index is 0.219. The van der Waals surface area contributed by atoms with Gasteiger partial charge in [-0.2, -0.15) is 0 Å². The first-order valence-corrected chi connectivity index (χ1v) is 5.56. The Kier molecular flexibility index (Phi) is 4.97. The van der Waals surface area contributed by atoms with Crippen LogP contribution in [-0.4, -0.2) is 20.2 Å². The number of carbonyl (C=O) groups excluding carboxylic acids is 1. The van der Waals surface area contributed by atoms with E-state index < -0.39 is 0 Å². The molecule has 0 spiro atoms. The Morgan fingerprint density at radius 3 is 2.71 bits per heavy atom. The highest BCUT2D eigenvalue weighted by atomic mass is 16.5. The number of rotatable bonds is 5. The second-order valence-electron chi connectivity index (χ2n) is 3.92. The van der Waals surface area contributed by atoms with Crippen LogP contribution in [0.3, 0.4) is 0 Å². The van der Waals surface area contributed by atoms with Gasteiger partial charge in [0.25, 0.3) is 0 Å². The van der Waals surface area contributed by atoms with Crippen molar-refractivity contribution in [3.05, 3.63) is 29.3 Å². The van der Waals surface area contributed by atoms with Crippen molar-refractivity contribution in [2.75, 3.05) is 14.2 Å². The molecule has 0 aliphatic carbocycles. The zero-order valence-electron chi connectivity index (χ0n) is 10.5. The maximum atomic E-state index is 11.1. The Hall–Kier alpha value is -1.55. The Bertz CT molecular complexity index is 390. The van der Waals surface area contributed by atoms with E-state index in [-0.39, 0.29) is 12.0 Å². The fraction of sp³-hybridized carbons (Fsp3) is 0.462. The van der Waals surface area contributed by atoms with E-state index in [1.165, 1.54) is 7.11 Å². The van der Waals surface area contributed by atoms with Crippen molar-refractivity contribution in [2.24, 2.45) is 5.73 Å². The van der Waals surface area contributed by atoms with Gasteiger partial charge in [0.2, 0.25) is 0 Å². The number of nitrogens with two attached hydrogens (primary N) is 1. The Morgan fingerprint density at radius 2 is 2.12 bits per heavy atom. The van der Waals surface area contributed by atoms with Gasteiger partial charge < -0.3 is 15.2 Å². The molecule has 0 amide bonds. The molecule has 0 saturated carbocycles. The van der Waals surface area contributed by atoms with E-state index in [1.807, 2.05) is 25.1 Å². The van der Waals surface area contributed by atoms with Crippen molar-refractivity contribution in [2.45, 2.75) is 25.8 Å². The summed E-state index contributed by atoms with van der Waals surface area (Å²) in [7, 11) is 3.00. The number of hydrogen-bond donors (Lipinski definition) is 1. The van der Waals surface area contributed by atoms with Crippen LogP contribution >= 0.6 is 0 Å². The quantitative estimate of drug-likeness (QED) is 0.795. The molecule has 1 atom stereocenters. The fourth-order valence-corrected chi connectivity index (χ4v) is 1.78. The van der Waals surface area contributed by atoms with Crippen LogP contribution in [0, 0.1) is 6.92 Å². The third-order valence-corrected chi connectivity index (χ3v) is 2.73. The van der Waals surface area contributed by atoms with Crippen LogP contribution in [0.1, 0.15) is 30.0 Å². The molecule has 0 aromatic heterocycles. The summed E-state index contributed by atoms with van der Waals surface area (Å²) in [6, 6.07) is 5.61. The largest absolute Gasteiger partial charge is 0.496 e. The molecule has 0 bridgehead atoms. The van der Waals surface area contributed by atoms with Crippen LogP contribution in [0.25, 0.3) is 0 Å². The van der Waals surface area contributed by atoms with Crippen molar-refractivity contribution in [1.29, 1.82) is 0 Å². The van der Waals surface area contributed by atoms with Crippen molar-refractivity contribution >= 4 is 5.97 Å². The van der Waals surface area contributed by atoms with E-state index in [4.69, 9.17) is 10.5 Å². The summed E-state index contributed by atoms with van der Waals surface area (Å²) in [6.45, 7) is 1.97. The molecule has 1 aromatic rings. The van der Waals surface area contributed by atoms with Crippen molar-refractivity contribution < 1.29 is 14.3 Å². The molecule has 0 aliphatic rings. The van der Waals surface area contributed by atoms with Gasteiger partial charge in [-0.15, -0.1) is 0 Å². The Labute approximate surface area is 102 Å². The molecular formula is C13H19NO3. The van der Waals surface area contributed by atoms with Gasteiger partial charge in [0, 0.05) is 18.0 Å². The van der Waals surface area contributed by atoms with Gasteiger partial charge in [-0.05, 0) is 18.9 Å². The molecule has 0 fully saturated rings. The normalized spacial score (nSPS) is 12.0. The van der Waals surface area contributed by atoms with Crippen molar-refractivity contribution in [3.8, 4) is 5.75 Å². The van der Waals surface area contributed by atoms with Gasteiger partial charge in [-0.3, -0.25) is 4.79 Å². The number of methoxy groups -OCH3 is 2. The van der Waals surface area contributed by atoms with Crippen LogP contribution in [0.2, 0.25) is 0 Å². The van der Waals surface area contributed by atoms with E-state index in [2.05, 4.69) is 4.74 Å². The second-order valence-corrected chi connectivity index (χ2v) is 3.92. The SMILES string of the molecule is COC(=O)CCC(N)c1cccc(C)c1OC. The highest BCUT2D eigenvalue weighted by Gasteiger charge is 2.14. The Morgan fingerprint density at radius 1 is 1.41 bits per heavy atom. The second kappa shape index (κ2) is 6.25. The van der Waals surface area contributed by atoms with E-state index >= 15 is 0 Å². The van der Waals surface area contributed by atoms with Crippen LogP contribution in [0.15, 0.2) is 18.2 Å². The molecule has 0 saturated heterocycles. The number of benzene rings is 1. The highest BCUT2D eigenvalue weighted by Crippen LogP contribution is 2.29. The third kappa shape index (κ3) is 3.46. The standard InChI is InChI=1S/C13H19NO3/c1-9-5-4-6-10(13(9)17-3)11(14)7-8-12(15)16-2/h4-6,11H,7-8,14H2,1-3H3. The lowest BCUT2D eigenvalue weighted by molar-refractivity contribution is -0.140. The molecular weight excluding hydrogens is 218 g/mol. The summed E-state index contributed by atoms with van der Waals surface area (Å²) in [5.74, 6) is 0.553. The average Bonchev–Trinajstić information content (AvgIpc) is 2.35. The van der Waals surface area contributed by atoms with E-state index in [9.17, 15) is 4.79 Å². The number of ether oxygens (including phenoxy) is 2. The molecule has 4 nitrogen and oxygen atoms in total. The van der Waals surface area contributed by atoms with Gasteiger partial charge in [0.15, 0.2) is 0 Å². The number of aryl methyl sites for hydroxylation is 1. The minimum Gasteiger partial charge on any atom is -0.496 e. The van der Waals surface area contributed by atoms with Crippen LogP contribution in [0.4, 0.5) is 0 Å². The maximum absolute atomic E-state index is 11.1. The molecule has 4 heteroatoms. The van der Waals surface area contributed by atoms with Gasteiger partial charge in [-0.25, -0.2) is 0 Å². The lowest BCUT2D eigenvalue weighted by atomic mass is 9.99. The lowest BCUT2D eigenvalue weighted by Gasteiger charge is -2.16. The van der Waals surface area contributed by atoms with E-state index in [0.29, 0.717) is 12.8 Å². The zero-order chi connectivity index (χ0) is 12.8. The lowest BCUT2D eigenvalue weighted by Crippen LogP contribution is -2.14. The number of para-hydroxylation sites is 1. The first kappa shape index (κ1) is 13.5. The summed E-state index contributed by atoms with van der Waals surface area (Å²) in [6.07, 6.45) is 0.862. The molecule has 0 heterocycles. The Balaban J connectivity index is 2.78. The summed E-state index contributed by atoms with van der Waals surface area (Å²) in [5.41, 5.74) is 8.02. The van der Waals surface area contributed by atoms with Crippen molar-refractivity contribution in [1.82, 2.24) is 0 Å². The maximum Gasteiger partial charge on any atom is 0.305 e. The van der Waals surface area contributed by atoms with Gasteiger partial charge in [-0.1, -0.05) is 18.2 Å².